The number of nitrogens with zero attached hydrogens (tertiary/aromatic N) is 2. The minimum absolute atomic E-state index is 0.208. The van der Waals surface area contributed by atoms with E-state index in [1.165, 1.54) is 5.56 Å². The van der Waals surface area contributed by atoms with E-state index in [2.05, 4.69) is 17.1 Å². The summed E-state index contributed by atoms with van der Waals surface area (Å²) in [6, 6.07) is 13.9. The van der Waals surface area contributed by atoms with Gasteiger partial charge in [-0.15, -0.1) is 0 Å². The number of aliphatic imine (C=N–C) groups is 1. The molecule has 2 heterocycles. The lowest BCUT2D eigenvalue weighted by molar-refractivity contribution is -0.117. The van der Waals surface area contributed by atoms with Crippen LogP contribution in [-0.2, 0) is 11.3 Å². The minimum Gasteiger partial charge on any atom is -0.312 e. The van der Waals surface area contributed by atoms with Crippen LogP contribution in [0.15, 0.2) is 47.5 Å². The number of benzene rings is 2. The largest absolute Gasteiger partial charge is 0.312 e. The minimum atomic E-state index is 0.208. The lowest BCUT2D eigenvalue weighted by Gasteiger charge is -2.17. The summed E-state index contributed by atoms with van der Waals surface area (Å²) < 4.78 is 0. The fourth-order valence-electron chi connectivity index (χ4n) is 3.14. The van der Waals surface area contributed by atoms with Crippen molar-refractivity contribution in [2.24, 2.45) is 4.99 Å². The molecule has 0 aliphatic carbocycles. The van der Waals surface area contributed by atoms with E-state index in [4.69, 9.17) is 11.6 Å². The zero-order valence-electron chi connectivity index (χ0n) is 12.1. The summed E-state index contributed by atoms with van der Waals surface area (Å²) >= 11 is 6.10. The van der Waals surface area contributed by atoms with Crippen molar-refractivity contribution in [3.8, 4) is 0 Å². The number of anilines is 1. The molecular formula is C18H15ClN2O. The molecule has 2 aromatic rings. The van der Waals surface area contributed by atoms with E-state index in [0.29, 0.717) is 18.0 Å². The Morgan fingerprint density at radius 3 is 2.82 bits per heavy atom. The summed E-state index contributed by atoms with van der Waals surface area (Å²) in [7, 11) is 0. The van der Waals surface area contributed by atoms with Crippen molar-refractivity contribution < 1.29 is 4.79 Å². The molecule has 0 N–H and O–H groups in total. The van der Waals surface area contributed by atoms with Crippen LogP contribution in [-0.4, -0.2) is 18.2 Å². The van der Waals surface area contributed by atoms with E-state index in [-0.39, 0.29) is 5.91 Å². The molecule has 0 aromatic heterocycles. The van der Waals surface area contributed by atoms with E-state index >= 15 is 0 Å². The molecular weight excluding hydrogens is 296 g/mol. The Hall–Kier alpha value is -2.13. The first-order chi connectivity index (χ1) is 10.7. The van der Waals surface area contributed by atoms with Crippen LogP contribution < -0.4 is 4.90 Å². The molecule has 22 heavy (non-hydrogen) atoms. The first-order valence-electron chi connectivity index (χ1n) is 7.46. The third kappa shape index (κ3) is 2.22. The fraction of sp³-hybridized carbons (Fsp3) is 0.222. The van der Waals surface area contributed by atoms with E-state index < -0.39 is 0 Å². The van der Waals surface area contributed by atoms with Gasteiger partial charge < -0.3 is 4.90 Å². The molecule has 3 nitrogen and oxygen atoms in total. The first kappa shape index (κ1) is 13.5. The Morgan fingerprint density at radius 1 is 1.14 bits per heavy atom. The maximum Gasteiger partial charge on any atom is 0.227 e. The molecule has 0 unspecified atom stereocenters. The van der Waals surface area contributed by atoms with Crippen molar-refractivity contribution >= 4 is 28.9 Å². The number of hydrogen-bond acceptors (Lipinski definition) is 2. The van der Waals surface area contributed by atoms with Crippen LogP contribution in [0.5, 0.6) is 0 Å². The molecule has 2 aliphatic rings. The highest BCUT2D eigenvalue weighted by Gasteiger charge is 2.24. The molecule has 4 rings (SSSR count). The van der Waals surface area contributed by atoms with Crippen LogP contribution in [0.25, 0.3) is 0 Å². The number of amides is 1. The van der Waals surface area contributed by atoms with Crippen molar-refractivity contribution in [2.45, 2.75) is 19.4 Å². The number of halogens is 1. The van der Waals surface area contributed by atoms with Gasteiger partial charge in [-0.25, -0.2) is 0 Å². The van der Waals surface area contributed by atoms with Gasteiger partial charge in [-0.3, -0.25) is 9.79 Å². The zero-order valence-corrected chi connectivity index (χ0v) is 12.8. The molecule has 0 radical (unpaired) electrons. The number of carbonyl (C=O) groups is 1. The lowest BCUT2D eigenvalue weighted by atomic mass is 9.99. The van der Waals surface area contributed by atoms with Gasteiger partial charge in [-0.2, -0.15) is 0 Å². The standard InChI is InChI=1S/C18H15ClN2O/c19-14-4-1-3-12(9-14)18-16-10-15(7-6-13(16)11-20-18)21-8-2-5-17(21)22/h1,3-4,6-7,9-10H,2,5,8,11H2. The number of rotatable bonds is 2. The van der Waals surface area contributed by atoms with Crippen LogP contribution >= 0.6 is 11.6 Å². The molecule has 1 fully saturated rings. The summed E-state index contributed by atoms with van der Waals surface area (Å²) in [6.45, 7) is 1.49. The Bertz CT molecular complexity index is 797. The van der Waals surface area contributed by atoms with Crippen LogP contribution in [0.1, 0.15) is 29.5 Å². The summed E-state index contributed by atoms with van der Waals surface area (Å²) in [6.07, 6.45) is 1.58. The van der Waals surface area contributed by atoms with Crippen molar-refractivity contribution in [1.29, 1.82) is 0 Å². The highest BCUT2D eigenvalue weighted by Crippen LogP contribution is 2.30. The summed E-state index contributed by atoms with van der Waals surface area (Å²) in [5, 5.41) is 0.708. The fourth-order valence-corrected chi connectivity index (χ4v) is 3.33. The average Bonchev–Trinajstić information content (AvgIpc) is 3.12. The molecule has 4 heteroatoms. The van der Waals surface area contributed by atoms with Gasteiger partial charge in [-0.1, -0.05) is 29.8 Å². The topological polar surface area (TPSA) is 32.7 Å². The van der Waals surface area contributed by atoms with Gasteiger partial charge in [0.15, 0.2) is 0 Å². The van der Waals surface area contributed by atoms with Gasteiger partial charge in [-0.05, 0) is 36.2 Å². The van der Waals surface area contributed by atoms with E-state index in [9.17, 15) is 4.79 Å². The molecule has 0 atom stereocenters. The summed E-state index contributed by atoms with van der Waals surface area (Å²) in [4.78, 5) is 18.5. The normalized spacial score (nSPS) is 16.9. The van der Waals surface area contributed by atoms with Gasteiger partial charge >= 0.3 is 0 Å². The van der Waals surface area contributed by atoms with Gasteiger partial charge in [0.1, 0.15) is 0 Å². The SMILES string of the molecule is O=C1CCCN1c1ccc2c(c1)C(c1cccc(Cl)c1)=NC2. The first-order valence-corrected chi connectivity index (χ1v) is 7.84. The predicted molar refractivity (Wildman–Crippen MR) is 88.8 cm³/mol. The quantitative estimate of drug-likeness (QED) is 0.830. The Labute approximate surface area is 134 Å². The maximum atomic E-state index is 11.9. The number of fused-ring (bicyclic) bond motifs is 1. The molecule has 2 aromatic carbocycles. The van der Waals surface area contributed by atoms with Gasteiger partial charge in [0.05, 0.1) is 12.3 Å². The Morgan fingerprint density at radius 2 is 2.05 bits per heavy atom. The molecule has 0 spiro atoms. The summed E-state index contributed by atoms with van der Waals surface area (Å²) in [5.74, 6) is 0.208. The molecule has 0 saturated carbocycles. The third-order valence-corrected chi connectivity index (χ3v) is 4.47. The second-order valence-electron chi connectivity index (χ2n) is 5.67. The van der Waals surface area contributed by atoms with E-state index in [1.54, 1.807) is 0 Å². The predicted octanol–water partition coefficient (Wildman–Crippen LogP) is 3.82. The molecule has 110 valence electrons. The monoisotopic (exact) mass is 310 g/mol. The lowest BCUT2D eigenvalue weighted by Crippen LogP contribution is -2.23. The van der Waals surface area contributed by atoms with Gasteiger partial charge in [0.25, 0.3) is 0 Å². The second kappa shape index (κ2) is 5.25. The van der Waals surface area contributed by atoms with Crippen LogP contribution in [0.4, 0.5) is 5.69 Å². The Balaban J connectivity index is 1.75. The van der Waals surface area contributed by atoms with Gasteiger partial charge in [0, 0.05) is 34.8 Å². The zero-order chi connectivity index (χ0) is 15.1. The van der Waals surface area contributed by atoms with Crippen molar-refractivity contribution in [3.63, 3.8) is 0 Å². The number of hydrogen-bond donors (Lipinski definition) is 0. The molecule has 1 amide bonds. The third-order valence-electron chi connectivity index (χ3n) is 4.24. The summed E-state index contributed by atoms with van der Waals surface area (Å²) in [5.41, 5.74) is 5.27. The van der Waals surface area contributed by atoms with E-state index in [1.807, 2.05) is 35.2 Å². The van der Waals surface area contributed by atoms with Gasteiger partial charge in [0.2, 0.25) is 5.91 Å². The maximum absolute atomic E-state index is 11.9. The average molecular weight is 311 g/mol. The molecule has 2 aliphatic heterocycles. The Kier molecular flexibility index (Phi) is 3.23. The molecule has 1 saturated heterocycles. The van der Waals surface area contributed by atoms with Crippen LogP contribution in [0.3, 0.4) is 0 Å². The highest BCUT2D eigenvalue weighted by molar-refractivity contribution is 6.31. The highest BCUT2D eigenvalue weighted by atomic mass is 35.5. The smallest absolute Gasteiger partial charge is 0.227 e. The van der Waals surface area contributed by atoms with E-state index in [0.717, 1.165) is 35.5 Å². The second-order valence-corrected chi connectivity index (χ2v) is 6.10. The van der Waals surface area contributed by atoms with Crippen molar-refractivity contribution in [2.75, 3.05) is 11.4 Å². The molecule has 0 bridgehead atoms. The van der Waals surface area contributed by atoms with Crippen molar-refractivity contribution in [3.05, 3.63) is 64.2 Å². The van der Waals surface area contributed by atoms with Crippen LogP contribution in [0, 0.1) is 0 Å². The van der Waals surface area contributed by atoms with Crippen LogP contribution in [0.2, 0.25) is 5.02 Å². The van der Waals surface area contributed by atoms with Crippen molar-refractivity contribution in [1.82, 2.24) is 0 Å². The number of carbonyl (C=O) groups excluding carboxylic acids is 1.